The number of imidazole rings is 1. The molecule has 1 aliphatic rings. The number of nitrogens with one attached hydrogen (secondary N) is 2. The Hall–Kier alpha value is -3.10. The van der Waals surface area contributed by atoms with Crippen LogP contribution in [0.3, 0.4) is 0 Å². The van der Waals surface area contributed by atoms with Gasteiger partial charge in [-0.3, -0.25) is 20.4 Å². The number of aromatic nitrogens is 2. The molecule has 2 aromatic rings. The number of amides is 3. The lowest BCUT2D eigenvalue weighted by atomic mass is 9.98. The zero-order chi connectivity index (χ0) is 22.8. The van der Waals surface area contributed by atoms with Crippen LogP contribution in [0.25, 0.3) is 11.0 Å². The van der Waals surface area contributed by atoms with Gasteiger partial charge in [-0.2, -0.15) is 0 Å². The van der Waals surface area contributed by atoms with Gasteiger partial charge in [-0.05, 0) is 65.7 Å². The molecule has 3 amide bonds. The van der Waals surface area contributed by atoms with Gasteiger partial charge in [0.1, 0.15) is 11.4 Å². The zero-order valence-corrected chi connectivity index (χ0v) is 18.8. The van der Waals surface area contributed by atoms with E-state index in [0.717, 1.165) is 23.4 Å². The molecule has 31 heavy (non-hydrogen) atoms. The number of carbonyl (C=O) groups excluding carboxylic acids is 3. The Morgan fingerprint density at radius 3 is 2.65 bits per heavy atom. The maximum atomic E-state index is 12.6. The average Bonchev–Trinajstić information content (AvgIpc) is 3.04. The van der Waals surface area contributed by atoms with E-state index >= 15 is 0 Å². The molecular weight excluding hydrogens is 398 g/mol. The summed E-state index contributed by atoms with van der Waals surface area (Å²) in [5, 5.41) is 0. The fourth-order valence-corrected chi connectivity index (χ4v) is 3.77. The first kappa shape index (κ1) is 22.6. The molecule has 1 aromatic carbocycles. The number of rotatable bonds is 3. The molecule has 2 N–H and O–H groups in total. The zero-order valence-electron chi connectivity index (χ0n) is 18.8. The smallest absolute Gasteiger partial charge is 0.410 e. The standard InChI is InChI=1S/C22H31N5O4/c1-6-27-14(2)23-17-12-15(9-10-18(17)27)19(28)24-25-20(29)16-8-7-11-26(13-16)21(30)31-22(3,4)5/h9-10,12,16H,6-8,11,13H2,1-5H3,(H,24,28)(H,25,29). The third-order valence-electron chi connectivity index (χ3n) is 5.26. The van der Waals surface area contributed by atoms with Crippen LogP contribution in [0.1, 0.15) is 56.7 Å². The number of ether oxygens (including phenoxy) is 1. The summed E-state index contributed by atoms with van der Waals surface area (Å²) < 4.78 is 7.46. The molecular formula is C22H31N5O4. The Morgan fingerprint density at radius 2 is 1.97 bits per heavy atom. The highest BCUT2D eigenvalue weighted by atomic mass is 16.6. The van der Waals surface area contributed by atoms with Crippen LogP contribution in [0, 0.1) is 12.8 Å². The van der Waals surface area contributed by atoms with Crippen molar-refractivity contribution in [3.63, 3.8) is 0 Å². The lowest BCUT2D eigenvalue weighted by molar-refractivity contribution is -0.127. The van der Waals surface area contributed by atoms with Crippen molar-refractivity contribution in [2.45, 2.75) is 59.6 Å². The number of fused-ring (bicyclic) bond motifs is 1. The summed E-state index contributed by atoms with van der Waals surface area (Å²) in [4.78, 5) is 43.4. The number of benzene rings is 1. The van der Waals surface area contributed by atoms with E-state index in [2.05, 4.69) is 20.4 Å². The summed E-state index contributed by atoms with van der Waals surface area (Å²) in [5.74, 6) is -0.269. The van der Waals surface area contributed by atoms with Gasteiger partial charge in [-0.15, -0.1) is 0 Å². The molecule has 1 unspecified atom stereocenters. The monoisotopic (exact) mass is 429 g/mol. The molecule has 2 heterocycles. The molecule has 0 aliphatic carbocycles. The summed E-state index contributed by atoms with van der Waals surface area (Å²) in [6.45, 7) is 11.0. The highest BCUT2D eigenvalue weighted by Crippen LogP contribution is 2.20. The number of hydrazine groups is 1. The Kier molecular flexibility index (Phi) is 6.52. The second-order valence-electron chi connectivity index (χ2n) is 8.82. The molecule has 0 bridgehead atoms. The van der Waals surface area contributed by atoms with E-state index in [4.69, 9.17) is 4.74 Å². The van der Waals surface area contributed by atoms with Crippen molar-refractivity contribution in [2.75, 3.05) is 13.1 Å². The van der Waals surface area contributed by atoms with Crippen molar-refractivity contribution in [3.8, 4) is 0 Å². The highest BCUT2D eigenvalue weighted by molar-refractivity contribution is 5.98. The predicted octanol–water partition coefficient (Wildman–Crippen LogP) is 2.77. The number of likely N-dealkylation sites (tertiary alicyclic amines) is 1. The van der Waals surface area contributed by atoms with E-state index in [9.17, 15) is 14.4 Å². The molecule has 1 aromatic heterocycles. The summed E-state index contributed by atoms with van der Waals surface area (Å²) in [5.41, 5.74) is 6.48. The SMILES string of the molecule is CCn1c(C)nc2cc(C(=O)NNC(=O)C3CCCN(C(=O)OC(C)(C)C)C3)ccc21. The quantitative estimate of drug-likeness (QED) is 0.730. The fourth-order valence-electron chi connectivity index (χ4n) is 3.77. The van der Waals surface area contributed by atoms with Gasteiger partial charge in [0, 0.05) is 25.2 Å². The first-order valence-corrected chi connectivity index (χ1v) is 10.6. The Balaban J connectivity index is 1.58. The minimum atomic E-state index is -0.590. The average molecular weight is 430 g/mol. The minimum Gasteiger partial charge on any atom is -0.444 e. The molecule has 1 saturated heterocycles. The molecule has 0 saturated carbocycles. The lowest BCUT2D eigenvalue weighted by Crippen LogP contribution is -2.50. The van der Waals surface area contributed by atoms with Gasteiger partial charge in [-0.25, -0.2) is 9.78 Å². The fraction of sp³-hybridized carbons (Fsp3) is 0.545. The number of hydrogen-bond acceptors (Lipinski definition) is 5. The van der Waals surface area contributed by atoms with E-state index in [1.165, 1.54) is 0 Å². The molecule has 1 aliphatic heterocycles. The van der Waals surface area contributed by atoms with Crippen LogP contribution in [0.15, 0.2) is 18.2 Å². The van der Waals surface area contributed by atoms with Crippen molar-refractivity contribution in [1.29, 1.82) is 0 Å². The number of aryl methyl sites for hydroxylation is 2. The number of nitrogens with zero attached hydrogens (tertiary/aromatic N) is 3. The number of hydrogen-bond donors (Lipinski definition) is 2. The van der Waals surface area contributed by atoms with E-state index in [-0.39, 0.29) is 12.5 Å². The van der Waals surface area contributed by atoms with E-state index < -0.39 is 23.5 Å². The van der Waals surface area contributed by atoms with Crippen LogP contribution in [0.2, 0.25) is 0 Å². The van der Waals surface area contributed by atoms with Gasteiger partial charge in [0.05, 0.1) is 17.0 Å². The predicted molar refractivity (Wildman–Crippen MR) is 116 cm³/mol. The van der Waals surface area contributed by atoms with Crippen LogP contribution in [-0.4, -0.2) is 51.0 Å². The minimum absolute atomic E-state index is 0.260. The van der Waals surface area contributed by atoms with Gasteiger partial charge in [0.2, 0.25) is 5.91 Å². The Bertz CT molecular complexity index is 992. The molecule has 9 heteroatoms. The van der Waals surface area contributed by atoms with Crippen molar-refractivity contribution < 1.29 is 19.1 Å². The maximum Gasteiger partial charge on any atom is 0.410 e. The second kappa shape index (κ2) is 8.95. The molecule has 1 atom stereocenters. The first-order chi connectivity index (χ1) is 14.6. The van der Waals surface area contributed by atoms with Crippen molar-refractivity contribution in [2.24, 2.45) is 5.92 Å². The lowest BCUT2D eigenvalue weighted by Gasteiger charge is -2.33. The van der Waals surface area contributed by atoms with Crippen LogP contribution in [0.5, 0.6) is 0 Å². The van der Waals surface area contributed by atoms with Crippen LogP contribution >= 0.6 is 0 Å². The van der Waals surface area contributed by atoms with Crippen molar-refractivity contribution in [3.05, 3.63) is 29.6 Å². The van der Waals surface area contributed by atoms with Gasteiger partial charge < -0.3 is 14.2 Å². The largest absolute Gasteiger partial charge is 0.444 e. The molecule has 168 valence electrons. The molecule has 0 radical (unpaired) electrons. The van der Waals surface area contributed by atoms with Gasteiger partial charge in [0.15, 0.2) is 0 Å². The summed E-state index contributed by atoms with van der Waals surface area (Å²) in [6, 6.07) is 5.28. The normalized spacial score (nSPS) is 16.8. The van der Waals surface area contributed by atoms with E-state index in [1.807, 2.05) is 19.9 Å². The van der Waals surface area contributed by atoms with Crippen LogP contribution in [0.4, 0.5) is 4.79 Å². The topological polar surface area (TPSA) is 106 Å². The Morgan fingerprint density at radius 1 is 1.23 bits per heavy atom. The summed E-state index contributed by atoms with van der Waals surface area (Å²) >= 11 is 0. The van der Waals surface area contributed by atoms with Crippen molar-refractivity contribution in [1.82, 2.24) is 25.3 Å². The first-order valence-electron chi connectivity index (χ1n) is 10.6. The van der Waals surface area contributed by atoms with Crippen LogP contribution < -0.4 is 10.9 Å². The Labute approximate surface area is 182 Å². The summed E-state index contributed by atoms with van der Waals surface area (Å²) in [7, 11) is 0. The third kappa shape index (κ3) is 5.34. The third-order valence-corrected chi connectivity index (χ3v) is 5.26. The van der Waals surface area contributed by atoms with Gasteiger partial charge >= 0.3 is 6.09 Å². The van der Waals surface area contributed by atoms with Gasteiger partial charge in [0.25, 0.3) is 5.91 Å². The van der Waals surface area contributed by atoms with Crippen LogP contribution in [-0.2, 0) is 16.1 Å². The molecule has 3 rings (SSSR count). The number of piperidine rings is 1. The van der Waals surface area contributed by atoms with Crippen molar-refractivity contribution >= 4 is 28.9 Å². The number of carbonyl (C=O) groups is 3. The van der Waals surface area contributed by atoms with Gasteiger partial charge in [-0.1, -0.05) is 0 Å². The molecule has 9 nitrogen and oxygen atoms in total. The second-order valence-corrected chi connectivity index (χ2v) is 8.82. The highest BCUT2D eigenvalue weighted by Gasteiger charge is 2.31. The molecule has 0 spiro atoms. The van der Waals surface area contributed by atoms with E-state index in [0.29, 0.717) is 24.9 Å². The maximum absolute atomic E-state index is 12.6. The summed E-state index contributed by atoms with van der Waals surface area (Å²) in [6.07, 6.45) is 0.909. The van der Waals surface area contributed by atoms with E-state index in [1.54, 1.807) is 37.8 Å². The molecule has 1 fully saturated rings.